The molecule has 1 aliphatic heterocycles. The monoisotopic (exact) mass is 428 g/mol. The predicted octanol–water partition coefficient (Wildman–Crippen LogP) is 5.32. The smallest absolute Gasteiger partial charge is 0.255 e. The van der Waals surface area contributed by atoms with Crippen LogP contribution in [0.2, 0.25) is 0 Å². The molecule has 0 aromatic heterocycles. The van der Waals surface area contributed by atoms with Gasteiger partial charge in [0.2, 0.25) is 0 Å². The van der Waals surface area contributed by atoms with Gasteiger partial charge in [-0.05, 0) is 72.5 Å². The zero-order valence-corrected chi connectivity index (χ0v) is 18.3. The van der Waals surface area contributed by atoms with Crippen molar-refractivity contribution < 1.29 is 14.3 Å². The molecular formula is C27H28N2O3. The van der Waals surface area contributed by atoms with E-state index in [1.165, 1.54) is 5.56 Å². The lowest BCUT2D eigenvalue weighted by Crippen LogP contribution is -2.36. The normalized spacial score (nSPS) is 12.7. The van der Waals surface area contributed by atoms with E-state index in [0.717, 1.165) is 36.3 Å². The predicted molar refractivity (Wildman–Crippen MR) is 126 cm³/mol. The second-order valence-corrected chi connectivity index (χ2v) is 8.01. The average Bonchev–Trinajstić information content (AvgIpc) is 2.84. The fourth-order valence-corrected chi connectivity index (χ4v) is 3.81. The number of hydrogen-bond acceptors (Lipinski definition) is 3. The van der Waals surface area contributed by atoms with E-state index in [-0.39, 0.29) is 11.8 Å². The van der Waals surface area contributed by atoms with E-state index in [1.807, 2.05) is 65.6 Å². The first-order chi connectivity index (χ1) is 15.6. The number of rotatable bonds is 7. The lowest BCUT2D eigenvalue weighted by atomic mass is 9.98. The molecular weight excluding hydrogens is 400 g/mol. The van der Waals surface area contributed by atoms with Crippen molar-refractivity contribution in [3.8, 4) is 5.75 Å². The van der Waals surface area contributed by atoms with Crippen LogP contribution in [0.25, 0.3) is 0 Å². The summed E-state index contributed by atoms with van der Waals surface area (Å²) in [4.78, 5) is 27.4. The molecule has 5 heteroatoms. The van der Waals surface area contributed by atoms with Crippen molar-refractivity contribution in [2.24, 2.45) is 0 Å². The topological polar surface area (TPSA) is 58.6 Å². The first-order valence-electron chi connectivity index (χ1n) is 11.1. The number of fused-ring (bicyclic) bond motifs is 1. The summed E-state index contributed by atoms with van der Waals surface area (Å²) in [6.45, 7) is 4.03. The number of benzene rings is 3. The van der Waals surface area contributed by atoms with Crippen molar-refractivity contribution in [2.45, 2.75) is 32.7 Å². The molecule has 0 radical (unpaired) electrons. The molecule has 3 aromatic carbocycles. The Balaban J connectivity index is 1.41. The number of nitrogens with zero attached hydrogens (tertiary/aromatic N) is 1. The van der Waals surface area contributed by atoms with E-state index >= 15 is 0 Å². The minimum atomic E-state index is -0.168. The maximum Gasteiger partial charge on any atom is 0.255 e. The molecule has 0 fully saturated rings. The van der Waals surface area contributed by atoms with E-state index < -0.39 is 0 Å². The van der Waals surface area contributed by atoms with Gasteiger partial charge in [-0.2, -0.15) is 0 Å². The van der Waals surface area contributed by atoms with Crippen molar-refractivity contribution in [1.82, 2.24) is 4.90 Å². The maximum absolute atomic E-state index is 12.8. The van der Waals surface area contributed by atoms with Crippen LogP contribution in [0, 0.1) is 0 Å². The minimum absolute atomic E-state index is 0.0342. The molecule has 2 amide bonds. The summed E-state index contributed by atoms with van der Waals surface area (Å²) < 4.78 is 5.66. The molecule has 32 heavy (non-hydrogen) atoms. The highest BCUT2D eigenvalue weighted by Gasteiger charge is 2.22. The van der Waals surface area contributed by atoms with Gasteiger partial charge in [0.25, 0.3) is 11.8 Å². The van der Waals surface area contributed by atoms with E-state index in [0.29, 0.717) is 30.8 Å². The third kappa shape index (κ3) is 5.17. The second kappa shape index (κ2) is 10.1. The number of hydrogen-bond donors (Lipinski definition) is 1. The molecule has 5 nitrogen and oxygen atoms in total. The van der Waals surface area contributed by atoms with Gasteiger partial charge in [0.05, 0.1) is 6.61 Å². The van der Waals surface area contributed by atoms with Crippen molar-refractivity contribution >= 4 is 17.5 Å². The molecule has 1 N–H and O–H groups in total. The number of anilines is 1. The molecule has 0 atom stereocenters. The molecule has 0 bridgehead atoms. The zero-order chi connectivity index (χ0) is 22.3. The molecule has 164 valence electrons. The van der Waals surface area contributed by atoms with Crippen LogP contribution in [-0.2, 0) is 13.0 Å². The first-order valence-corrected chi connectivity index (χ1v) is 11.1. The number of ether oxygens (including phenoxy) is 1. The van der Waals surface area contributed by atoms with Crippen LogP contribution in [0.1, 0.15) is 51.6 Å². The van der Waals surface area contributed by atoms with E-state index in [2.05, 4.69) is 12.2 Å². The Bertz CT molecular complexity index is 1080. The van der Waals surface area contributed by atoms with E-state index in [9.17, 15) is 9.59 Å². The van der Waals surface area contributed by atoms with Crippen molar-refractivity contribution in [1.29, 1.82) is 0 Å². The summed E-state index contributed by atoms with van der Waals surface area (Å²) >= 11 is 0. The summed E-state index contributed by atoms with van der Waals surface area (Å²) in [5, 5.41) is 2.97. The van der Waals surface area contributed by atoms with Crippen LogP contribution in [0.4, 0.5) is 5.69 Å². The van der Waals surface area contributed by atoms with Crippen molar-refractivity contribution in [2.75, 3.05) is 18.5 Å². The van der Waals surface area contributed by atoms with Crippen LogP contribution in [-0.4, -0.2) is 29.9 Å². The van der Waals surface area contributed by atoms with E-state index in [4.69, 9.17) is 4.74 Å². The largest absolute Gasteiger partial charge is 0.494 e. The van der Waals surface area contributed by atoms with Crippen LogP contribution in [0.5, 0.6) is 5.75 Å². The number of nitrogens with one attached hydrogen (secondary N) is 1. The molecule has 0 aliphatic carbocycles. The van der Waals surface area contributed by atoms with Gasteiger partial charge in [-0.25, -0.2) is 0 Å². The number of carbonyl (C=O) groups excluding carboxylic acids is 2. The Labute approximate surface area is 189 Å². The standard InChI is InChI=1S/C27H28N2O3/c1-2-3-17-32-25-13-10-21(11-14-25)26(30)28-24-12-9-20-15-16-29(19-23(20)18-24)27(31)22-7-5-4-6-8-22/h4-14,18H,2-3,15-17,19H2,1H3,(H,28,30). The van der Waals surface area contributed by atoms with Gasteiger partial charge >= 0.3 is 0 Å². The molecule has 0 saturated heterocycles. The Morgan fingerprint density at radius 1 is 0.938 bits per heavy atom. The number of amides is 2. The Morgan fingerprint density at radius 3 is 2.47 bits per heavy atom. The third-order valence-corrected chi connectivity index (χ3v) is 5.67. The molecule has 0 unspecified atom stereocenters. The SMILES string of the molecule is CCCCOc1ccc(C(=O)Nc2ccc3c(c2)CN(C(=O)c2ccccc2)CC3)cc1. The second-order valence-electron chi connectivity index (χ2n) is 8.01. The van der Waals surface area contributed by atoms with Crippen LogP contribution in [0.15, 0.2) is 72.8 Å². The zero-order valence-electron chi connectivity index (χ0n) is 18.3. The molecule has 1 aliphatic rings. The Hall–Kier alpha value is -3.60. The molecule has 0 spiro atoms. The van der Waals surface area contributed by atoms with Crippen LogP contribution >= 0.6 is 0 Å². The molecule has 0 saturated carbocycles. The lowest BCUT2D eigenvalue weighted by molar-refractivity contribution is 0.0734. The average molecular weight is 429 g/mol. The van der Waals surface area contributed by atoms with Crippen LogP contribution < -0.4 is 10.1 Å². The van der Waals surface area contributed by atoms with Gasteiger partial charge in [0.15, 0.2) is 0 Å². The molecule has 3 aromatic rings. The number of carbonyl (C=O) groups is 2. The summed E-state index contributed by atoms with van der Waals surface area (Å²) in [7, 11) is 0. The Morgan fingerprint density at radius 2 is 1.72 bits per heavy atom. The van der Waals surface area contributed by atoms with Gasteiger partial charge in [0.1, 0.15) is 5.75 Å². The summed E-state index contributed by atoms with van der Waals surface area (Å²) in [5.74, 6) is 0.636. The highest BCUT2D eigenvalue weighted by Crippen LogP contribution is 2.24. The highest BCUT2D eigenvalue weighted by atomic mass is 16.5. The van der Waals surface area contributed by atoms with Gasteiger partial charge < -0.3 is 15.0 Å². The fourth-order valence-electron chi connectivity index (χ4n) is 3.81. The quantitative estimate of drug-likeness (QED) is 0.519. The summed E-state index contributed by atoms with van der Waals surface area (Å²) in [6.07, 6.45) is 2.90. The molecule has 4 rings (SSSR count). The third-order valence-electron chi connectivity index (χ3n) is 5.67. The summed E-state index contributed by atoms with van der Waals surface area (Å²) in [5.41, 5.74) is 4.28. The van der Waals surface area contributed by atoms with Crippen molar-refractivity contribution in [3.05, 3.63) is 95.1 Å². The van der Waals surface area contributed by atoms with E-state index in [1.54, 1.807) is 12.1 Å². The summed E-state index contributed by atoms with van der Waals surface area (Å²) in [6, 6.07) is 22.5. The van der Waals surface area contributed by atoms with Gasteiger partial charge in [0, 0.05) is 29.9 Å². The first kappa shape index (κ1) is 21.6. The highest BCUT2D eigenvalue weighted by molar-refractivity contribution is 6.04. The maximum atomic E-state index is 12.8. The fraction of sp³-hybridized carbons (Fsp3) is 0.259. The van der Waals surface area contributed by atoms with Crippen LogP contribution in [0.3, 0.4) is 0 Å². The number of unbranched alkanes of at least 4 members (excludes halogenated alkanes) is 1. The van der Waals surface area contributed by atoms with Gasteiger partial charge in [-0.1, -0.05) is 37.6 Å². The van der Waals surface area contributed by atoms with Gasteiger partial charge in [-0.3, -0.25) is 9.59 Å². The Kier molecular flexibility index (Phi) is 6.85. The molecule has 1 heterocycles. The minimum Gasteiger partial charge on any atom is -0.494 e. The lowest BCUT2D eigenvalue weighted by Gasteiger charge is -2.29. The van der Waals surface area contributed by atoms with Crippen molar-refractivity contribution in [3.63, 3.8) is 0 Å². The van der Waals surface area contributed by atoms with Gasteiger partial charge in [-0.15, -0.1) is 0 Å².